The lowest BCUT2D eigenvalue weighted by molar-refractivity contribution is -0.125. The highest BCUT2D eigenvalue weighted by Crippen LogP contribution is 2.24. The number of carbonyl (C=O) groups is 1. The predicted octanol–water partition coefficient (Wildman–Crippen LogP) is -1.65. The minimum absolute atomic E-state index is 0.0310. The Labute approximate surface area is 106 Å². The summed E-state index contributed by atoms with van der Waals surface area (Å²) in [5.74, 6) is 0.130. The first-order valence-electron chi connectivity index (χ1n) is 6.64. The van der Waals surface area contributed by atoms with Gasteiger partial charge in [-0.25, -0.2) is 0 Å². The van der Waals surface area contributed by atoms with Gasteiger partial charge in [-0.2, -0.15) is 0 Å². The van der Waals surface area contributed by atoms with Gasteiger partial charge in [-0.05, 0) is 12.8 Å². The molecule has 6 heteroatoms. The van der Waals surface area contributed by atoms with Crippen molar-refractivity contribution in [3.8, 4) is 0 Å². The minimum Gasteiger partial charge on any atom is -0.395 e. The van der Waals surface area contributed by atoms with Gasteiger partial charge in [-0.3, -0.25) is 4.79 Å². The molecule has 4 atom stereocenters. The maximum absolute atomic E-state index is 11.8. The SMILES string of the molecule is O=C(NC[C@@H]1N[C@H](CO)[C@H](O)[C@@H]1O)C1CCCC1. The van der Waals surface area contributed by atoms with Gasteiger partial charge in [0.05, 0.1) is 30.9 Å². The number of amides is 1. The van der Waals surface area contributed by atoms with Gasteiger partial charge in [-0.1, -0.05) is 12.8 Å². The van der Waals surface area contributed by atoms with Crippen LogP contribution in [0.25, 0.3) is 0 Å². The van der Waals surface area contributed by atoms with E-state index in [4.69, 9.17) is 5.11 Å². The second kappa shape index (κ2) is 5.97. The summed E-state index contributed by atoms with van der Waals surface area (Å²) in [5.41, 5.74) is 0. The van der Waals surface area contributed by atoms with E-state index in [0.29, 0.717) is 0 Å². The molecule has 0 bridgehead atoms. The first-order chi connectivity index (χ1) is 8.63. The van der Waals surface area contributed by atoms with E-state index in [1.165, 1.54) is 0 Å². The minimum atomic E-state index is -0.983. The summed E-state index contributed by atoms with van der Waals surface area (Å²) < 4.78 is 0. The Morgan fingerprint density at radius 3 is 2.33 bits per heavy atom. The van der Waals surface area contributed by atoms with E-state index in [1.807, 2.05) is 0 Å². The third-order valence-corrected chi connectivity index (χ3v) is 4.02. The van der Waals surface area contributed by atoms with Crippen molar-refractivity contribution in [2.45, 2.75) is 50.0 Å². The first kappa shape index (κ1) is 13.7. The highest BCUT2D eigenvalue weighted by atomic mass is 16.3. The largest absolute Gasteiger partial charge is 0.395 e. The summed E-state index contributed by atoms with van der Waals surface area (Å²) in [7, 11) is 0. The van der Waals surface area contributed by atoms with Crippen molar-refractivity contribution in [1.82, 2.24) is 10.6 Å². The Bertz CT molecular complexity index is 294. The van der Waals surface area contributed by atoms with Crippen molar-refractivity contribution in [2.75, 3.05) is 13.2 Å². The van der Waals surface area contributed by atoms with E-state index in [1.54, 1.807) is 0 Å². The van der Waals surface area contributed by atoms with Crippen LogP contribution in [0.5, 0.6) is 0 Å². The third-order valence-electron chi connectivity index (χ3n) is 4.02. The summed E-state index contributed by atoms with van der Waals surface area (Å²) in [4.78, 5) is 11.8. The molecule has 1 saturated carbocycles. The van der Waals surface area contributed by atoms with Crippen LogP contribution in [0.15, 0.2) is 0 Å². The van der Waals surface area contributed by atoms with Gasteiger partial charge in [0.1, 0.15) is 0 Å². The van der Waals surface area contributed by atoms with Crippen LogP contribution in [0.2, 0.25) is 0 Å². The normalized spacial score (nSPS) is 37.1. The van der Waals surface area contributed by atoms with Gasteiger partial charge in [0.25, 0.3) is 0 Å². The number of nitrogens with one attached hydrogen (secondary N) is 2. The predicted molar refractivity (Wildman–Crippen MR) is 64.8 cm³/mol. The number of aliphatic hydroxyl groups excluding tert-OH is 3. The zero-order valence-corrected chi connectivity index (χ0v) is 10.4. The van der Waals surface area contributed by atoms with E-state index in [-0.39, 0.29) is 25.0 Å². The molecule has 2 fully saturated rings. The molecule has 1 aliphatic heterocycles. The average molecular weight is 258 g/mol. The van der Waals surface area contributed by atoms with Gasteiger partial charge in [0.2, 0.25) is 5.91 Å². The molecule has 1 heterocycles. The van der Waals surface area contributed by atoms with Crippen LogP contribution in [-0.2, 0) is 4.79 Å². The molecule has 0 unspecified atom stereocenters. The topological polar surface area (TPSA) is 102 Å². The van der Waals surface area contributed by atoms with E-state index in [2.05, 4.69) is 10.6 Å². The van der Waals surface area contributed by atoms with Gasteiger partial charge in [0.15, 0.2) is 0 Å². The van der Waals surface area contributed by atoms with Crippen LogP contribution >= 0.6 is 0 Å². The third kappa shape index (κ3) is 2.83. The number of hydrogen-bond donors (Lipinski definition) is 5. The Balaban J connectivity index is 1.78. The van der Waals surface area contributed by atoms with E-state index in [0.717, 1.165) is 25.7 Å². The van der Waals surface area contributed by atoms with Crippen molar-refractivity contribution in [1.29, 1.82) is 0 Å². The van der Waals surface area contributed by atoms with E-state index >= 15 is 0 Å². The molecular formula is C12H22N2O4. The van der Waals surface area contributed by atoms with Crippen LogP contribution < -0.4 is 10.6 Å². The second-order valence-corrected chi connectivity index (χ2v) is 5.27. The maximum atomic E-state index is 11.8. The monoisotopic (exact) mass is 258 g/mol. The number of hydrogen-bond acceptors (Lipinski definition) is 5. The molecule has 0 aromatic rings. The summed E-state index contributed by atoms with van der Waals surface area (Å²) >= 11 is 0. The Morgan fingerprint density at radius 1 is 1.17 bits per heavy atom. The van der Waals surface area contributed by atoms with Crippen molar-refractivity contribution in [3.05, 3.63) is 0 Å². The fraction of sp³-hybridized carbons (Fsp3) is 0.917. The summed E-state index contributed by atoms with van der Waals surface area (Å²) in [5, 5.41) is 34.1. The molecule has 18 heavy (non-hydrogen) atoms. The fourth-order valence-corrected chi connectivity index (χ4v) is 2.83. The first-order valence-corrected chi connectivity index (χ1v) is 6.64. The lowest BCUT2D eigenvalue weighted by Crippen LogP contribution is -2.45. The summed E-state index contributed by atoms with van der Waals surface area (Å²) in [6.07, 6.45) is 2.15. The van der Waals surface area contributed by atoms with E-state index < -0.39 is 24.3 Å². The highest BCUT2D eigenvalue weighted by Gasteiger charge is 2.40. The molecule has 6 nitrogen and oxygen atoms in total. The molecule has 0 aromatic carbocycles. The van der Waals surface area contributed by atoms with Gasteiger partial charge in [0, 0.05) is 12.5 Å². The van der Waals surface area contributed by atoms with Crippen molar-refractivity contribution in [2.24, 2.45) is 5.92 Å². The zero-order valence-electron chi connectivity index (χ0n) is 10.4. The van der Waals surface area contributed by atoms with Crippen LogP contribution in [0.4, 0.5) is 0 Å². The van der Waals surface area contributed by atoms with Crippen molar-refractivity contribution in [3.63, 3.8) is 0 Å². The number of rotatable bonds is 4. The summed E-state index contributed by atoms with van der Waals surface area (Å²) in [6, 6.07) is -0.920. The standard InChI is InChI=1S/C12H22N2O4/c15-6-9-11(17)10(16)8(14-9)5-13-12(18)7-3-1-2-4-7/h7-11,14-17H,1-6H2,(H,13,18)/t8-,9+,10+,11-/m0/s1. The second-order valence-electron chi connectivity index (χ2n) is 5.27. The molecule has 5 N–H and O–H groups in total. The molecule has 1 amide bonds. The molecule has 2 rings (SSSR count). The molecule has 0 radical (unpaired) electrons. The lowest BCUT2D eigenvalue weighted by atomic mass is 10.1. The van der Waals surface area contributed by atoms with Gasteiger partial charge < -0.3 is 26.0 Å². The molecule has 2 aliphatic rings. The Morgan fingerprint density at radius 2 is 1.78 bits per heavy atom. The Hall–Kier alpha value is -0.690. The quantitative estimate of drug-likeness (QED) is 0.416. The van der Waals surface area contributed by atoms with Crippen molar-refractivity contribution >= 4 is 5.91 Å². The number of aliphatic hydroxyl groups is 3. The van der Waals surface area contributed by atoms with Crippen LogP contribution in [0, 0.1) is 5.92 Å². The zero-order chi connectivity index (χ0) is 13.1. The highest BCUT2D eigenvalue weighted by molar-refractivity contribution is 5.78. The van der Waals surface area contributed by atoms with Crippen molar-refractivity contribution < 1.29 is 20.1 Å². The maximum Gasteiger partial charge on any atom is 0.223 e. The summed E-state index contributed by atoms with van der Waals surface area (Å²) in [6.45, 7) is 0.0510. The average Bonchev–Trinajstić information content (AvgIpc) is 2.98. The van der Waals surface area contributed by atoms with Gasteiger partial charge >= 0.3 is 0 Å². The van der Waals surface area contributed by atoms with Crippen LogP contribution in [0.3, 0.4) is 0 Å². The molecule has 0 spiro atoms. The lowest BCUT2D eigenvalue weighted by Gasteiger charge is -2.18. The molecule has 104 valence electrons. The smallest absolute Gasteiger partial charge is 0.223 e. The molecule has 1 aliphatic carbocycles. The Kier molecular flexibility index (Phi) is 4.55. The van der Waals surface area contributed by atoms with Crippen LogP contribution in [0.1, 0.15) is 25.7 Å². The molecule has 0 aromatic heterocycles. The number of carbonyl (C=O) groups excluding carboxylic acids is 1. The molecule has 1 saturated heterocycles. The molecular weight excluding hydrogens is 236 g/mol. The van der Waals surface area contributed by atoms with E-state index in [9.17, 15) is 15.0 Å². The van der Waals surface area contributed by atoms with Gasteiger partial charge in [-0.15, -0.1) is 0 Å². The van der Waals surface area contributed by atoms with Crippen LogP contribution in [-0.4, -0.2) is 58.7 Å². The fourth-order valence-electron chi connectivity index (χ4n) is 2.83.